The SMILES string of the molecule is Cc1cccc(C(=O)N2CCC(N3CCOC[C@@H]3C)CC2)c1C. The van der Waals surface area contributed by atoms with Gasteiger partial charge in [0.15, 0.2) is 0 Å². The zero-order chi connectivity index (χ0) is 16.4. The summed E-state index contributed by atoms with van der Waals surface area (Å²) in [6, 6.07) is 7.10. The molecule has 23 heavy (non-hydrogen) atoms. The number of rotatable bonds is 2. The second kappa shape index (κ2) is 7.02. The lowest BCUT2D eigenvalue weighted by molar-refractivity contribution is -0.0335. The van der Waals surface area contributed by atoms with Gasteiger partial charge in [-0.05, 0) is 50.8 Å². The van der Waals surface area contributed by atoms with Gasteiger partial charge in [0.1, 0.15) is 0 Å². The monoisotopic (exact) mass is 316 g/mol. The van der Waals surface area contributed by atoms with Crippen LogP contribution in [0.15, 0.2) is 18.2 Å². The number of ether oxygens (including phenoxy) is 1. The van der Waals surface area contributed by atoms with E-state index >= 15 is 0 Å². The molecule has 0 radical (unpaired) electrons. The molecule has 0 spiro atoms. The van der Waals surface area contributed by atoms with E-state index < -0.39 is 0 Å². The molecule has 0 bridgehead atoms. The molecule has 4 heteroatoms. The number of carbonyl (C=O) groups excluding carboxylic acids is 1. The summed E-state index contributed by atoms with van der Waals surface area (Å²) in [5.74, 6) is 0.194. The first-order valence-electron chi connectivity index (χ1n) is 8.77. The van der Waals surface area contributed by atoms with Crippen molar-refractivity contribution in [2.75, 3.05) is 32.8 Å². The summed E-state index contributed by atoms with van der Waals surface area (Å²) in [4.78, 5) is 17.4. The summed E-state index contributed by atoms with van der Waals surface area (Å²) in [5, 5.41) is 0. The van der Waals surface area contributed by atoms with Crippen LogP contribution in [0.25, 0.3) is 0 Å². The number of aryl methyl sites for hydroxylation is 1. The normalized spacial score (nSPS) is 24.0. The highest BCUT2D eigenvalue weighted by atomic mass is 16.5. The highest BCUT2D eigenvalue weighted by molar-refractivity contribution is 5.96. The van der Waals surface area contributed by atoms with Crippen molar-refractivity contribution in [1.82, 2.24) is 9.80 Å². The number of hydrogen-bond acceptors (Lipinski definition) is 3. The quantitative estimate of drug-likeness (QED) is 0.841. The lowest BCUT2D eigenvalue weighted by atomic mass is 9.98. The fourth-order valence-electron chi connectivity index (χ4n) is 3.84. The summed E-state index contributed by atoms with van der Waals surface area (Å²) >= 11 is 0. The summed E-state index contributed by atoms with van der Waals surface area (Å²) in [7, 11) is 0. The van der Waals surface area contributed by atoms with E-state index in [9.17, 15) is 4.79 Å². The molecule has 0 unspecified atom stereocenters. The van der Waals surface area contributed by atoms with E-state index in [0.29, 0.717) is 12.1 Å². The molecule has 0 aromatic heterocycles. The van der Waals surface area contributed by atoms with Crippen molar-refractivity contribution in [1.29, 1.82) is 0 Å². The average Bonchev–Trinajstić information content (AvgIpc) is 2.57. The van der Waals surface area contributed by atoms with E-state index in [1.54, 1.807) is 0 Å². The molecule has 1 aromatic carbocycles. The molecule has 0 saturated carbocycles. The third-order valence-corrected chi connectivity index (χ3v) is 5.47. The molecule has 0 N–H and O–H groups in total. The van der Waals surface area contributed by atoms with Crippen molar-refractivity contribution in [3.63, 3.8) is 0 Å². The third kappa shape index (κ3) is 3.43. The van der Waals surface area contributed by atoms with Crippen LogP contribution in [-0.4, -0.2) is 60.6 Å². The predicted molar refractivity (Wildman–Crippen MR) is 91.8 cm³/mol. The highest BCUT2D eigenvalue weighted by Crippen LogP contribution is 2.23. The first-order valence-corrected chi connectivity index (χ1v) is 8.77. The van der Waals surface area contributed by atoms with Crippen LogP contribution in [0.1, 0.15) is 41.3 Å². The minimum atomic E-state index is 0.194. The van der Waals surface area contributed by atoms with Gasteiger partial charge >= 0.3 is 0 Å². The Labute approximate surface area is 139 Å². The van der Waals surface area contributed by atoms with Crippen molar-refractivity contribution in [3.8, 4) is 0 Å². The molecule has 0 aliphatic carbocycles. The number of morpholine rings is 1. The molecule has 2 aliphatic heterocycles. The van der Waals surface area contributed by atoms with E-state index in [4.69, 9.17) is 4.74 Å². The van der Waals surface area contributed by atoms with Crippen LogP contribution < -0.4 is 0 Å². The Bertz CT molecular complexity index is 564. The van der Waals surface area contributed by atoms with E-state index in [1.165, 1.54) is 5.56 Å². The van der Waals surface area contributed by atoms with Crippen LogP contribution in [0.3, 0.4) is 0 Å². The number of piperidine rings is 1. The number of benzene rings is 1. The van der Waals surface area contributed by atoms with Crippen molar-refractivity contribution >= 4 is 5.91 Å². The number of carbonyl (C=O) groups is 1. The van der Waals surface area contributed by atoms with Crippen LogP contribution in [0.4, 0.5) is 0 Å². The number of nitrogens with zero attached hydrogens (tertiary/aromatic N) is 2. The molecule has 126 valence electrons. The molecule has 2 aliphatic rings. The maximum absolute atomic E-state index is 12.8. The maximum atomic E-state index is 12.8. The van der Waals surface area contributed by atoms with Gasteiger partial charge in [-0.1, -0.05) is 12.1 Å². The smallest absolute Gasteiger partial charge is 0.254 e. The molecule has 1 amide bonds. The Balaban J connectivity index is 1.62. The van der Waals surface area contributed by atoms with E-state index in [-0.39, 0.29) is 5.91 Å². The standard InChI is InChI=1S/C19H28N2O2/c1-14-5-4-6-18(16(14)3)19(22)20-9-7-17(8-10-20)21-11-12-23-13-15(21)2/h4-6,15,17H,7-13H2,1-3H3/t15-/m0/s1. The topological polar surface area (TPSA) is 32.8 Å². The first-order chi connectivity index (χ1) is 11.1. The molecule has 2 fully saturated rings. The fourth-order valence-corrected chi connectivity index (χ4v) is 3.84. The Kier molecular flexibility index (Phi) is 5.02. The Hall–Kier alpha value is -1.39. The Morgan fingerprint density at radius 2 is 1.91 bits per heavy atom. The van der Waals surface area contributed by atoms with Gasteiger partial charge in [-0.25, -0.2) is 0 Å². The lowest BCUT2D eigenvalue weighted by Crippen LogP contribution is -2.53. The number of hydrogen-bond donors (Lipinski definition) is 0. The van der Waals surface area contributed by atoms with Crippen molar-refractivity contribution < 1.29 is 9.53 Å². The van der Waals surface area contributed by atoms with E-state index in [1.807, 2.05) is 24.0 Å². The zero-order valence-electron chi connectivity index (χ0n) is 14.5. The second-order valence-corrected chi connectivity index (χ2v) is 6.93. The molecule has 3 rings (SSSR count). The van der Waals surface area contributed by atoms with E-state index in [0.717, 1.165) is 56.8 Å². The molecular weight excluding hydrogens is 288 g/mol. The van der Waals surface area contributed by atoms with Crippen LogP contribution in [0, 0.1) is 13.8 Å². The first kappa shape index (κ1) is 16.5. The van der Waals surface area contributed by atoms with Crippen molar-refractivity contribution in [2.45, 2.75) is 45.7 Å². The van der Waals surface area contributed by atoms with Crippen molar-refractivity contribution in [3.05, 3.63) is 34.9 Å². The van der Waals surface area contributed by atoms with Crippen LogP contribution >= 0.6 is 0 Å². The van der Waals surface area contributed by atoms with E-state index in [2.05, 4.69) is 24.8 Å². The van der Waals surface area contributed by atoms with Crippen LogP contribution in [0.2, 0.25) is 0 Å². The van der Waals surface area contributed by atoms with Gasteiger partial charge < -0.3 is 9.64 Å². The molecular formula is C19H28N2O2. The lowest BCUT2D eigenvalue weighted by Gasteiger charge is -2.43. The van der Waals surface area contributed by atoms with Crippen molar-refractivity contribution in [2.24, 2.45) is 0 Å². The van der Waals surface area contributed by atoms with Crippen LogP contribution in [-0.2, 0) is 4.74 Å². The predicted octanol–water partition coefficient (Wildman–Crippen LogP) is 2.63. The summed E-state index contributed by atoms with van der Waals surface area (Å²) in [6.07, 6.45) is 2.14. The summed E-state index contributed by atoms with van der Waals surface area (Å²) < 4.78 is 5.54. The minimum absolute atomic E-state index is 0.194. The van der Waals surface area contributed by atoms with Gasteiger partial charge in [0.25, 0.3) is 5.91 Å². The second-order valence-electron chi connectivity index (χ2n) is 6.93. The highest BCUT2D eigenvalue weighted by Gasteiger charge is 2.31. The molecule has 1 aromatic rings. The minimum Gasteiger partial charge on any atom is -0.379 e. The van der Waals surface area contributed by atoms with Gasteiger partial charge in [-0.2, -0.15) is 0 Å². The van der Waals surface area contributed by atoms with Gasteiger partial charge in [0.05, 0.1) is 13.2 Å². The largest absolute Gasteiger partial charge is 0.379 e. The number of likely N-dealkylation sites (tertiary alicyclic amines) is 1. The Morgan fingerprint density at radius 3 is 2.61 bits per heavy atom. The molecule has 4 nitrogen and oxygen atoms in total. The van der Waals surface area contributed by atoms with Gasteiger partial charge in [-0.15, -0.1) is 0 Å². The summed E-state index contributed by atoms with van der Waals surface area (Å²) in [6.45, 7) is 10.8. The molecule has 1 atom stereocenters. The van der Waals surface area contributed by atoms with Gasteiger partial charge in [0.2, 0.25) is 0 Å². The Morgan fingerprint density at radius 1 is 1.17 bits per heavy atom. The maximum Gasteiger partial charge on any atom is 0.254 e. The van der Waals surface area contributed by atoms with Gasteiger partial charge in [0, 0.05) is 37.3 Å². The average molecular weight is 316 g/mol. The fraction of sp³-hybridized carbons (Fsp3) is 0.632. The molecule has 2 heterocycles. The van der Waals surface area contributed by atoms with Gasteiger partial charge in [-0.3, -0.25) is 9.69 Å². The zero-order valence-corrected chi connectivity index (χ0v) is 14.5. The van der Waals surface area contributed by atoms with Crippen LogP contribution in [0.5, 0.6) is 0 Å². The third-order valence-electron chi connectivity index (χ3n) is 5.47. The number of amides is 1. The molecule has 2 saturated heterocycles. The summed E-state index contributed by atoms with van der Waals surface area (Å²) in [5.41, 5.74) is 3.16.